The molecule has 0 atom stereocenters. The fourth-order valence-electron chi connectivity index (χ4n) is 1.68. The highest BCUT2D eigenvalue weighted by atomic mass is 15.4. The van der Waals surface area contributed by atoms with Crippen molar-refractivity contribution in [2.45, 2.75) is 59.3 Å². The van der Waals surface area contributed by atoms with Gasteiger partial charge in [0.2, 0.25) is 0 Å². The predicted octanol–water partition coefficient (Wildman–Crippen LogP) is 3.72. The molecule has 0 saturated carbocycles. The molecule has 3 heteroatoms. The van der Waals surface area contributed by atoms with Gasteiger partial charge in [0, 0.05) is 18.4 Å². The van der Waals surface area contributed by atoms with Crippen LogP contribution < -0.4 is 5.84 Å². The highest BCUT2D eigenvalue weighted by Crippen LogP contribution is 2.14. The van der Waals surface area contributed by atoms with E-state index in [1.54, 1.807) is 6.20 Å². The highest BCUT2D eigenvalue weighted by Gasteiger charge is 2.06. The lowest BCUT2D eigenvalue weighted by Crippen LogP contribution is -2.31. The van der Waals surface area contributed by atoms with Crippen molar-refractivity contribution >= 4 is 6.72 Å². The minimum absolute atomic E-state index is 0.691. The summed E-state index contributed by atoms with van der Waals surface area (Å²) in [6.45, 7) is 11.1. The fraction of sp³-hybridized carbons (Fsp3) is 0.786. The summed E-state index contributed by atoms with van der Waals surface area (Å²) in [6, 6.07) is 0. The second-order valence-corrected chi connectivity index (χ2v) is 4.99. The second kappa shape index (κ2) is 10.3. The molecular weight excluding hydrogens is 210 g/mol. The Balaban J connectivity index is 4.02. The molecule has 0 unspecified atom stereocenters. The zero-order valence-corrected chi connectivity index (χ0v) is 11.8. The number of nitrogens with zero attached hydrogens (tertiary/aromatic N) is 2. The molecule has 100 valence electrons. The van der Waals surface area contributed by atoms with Gasteiger partial charge in [-0.15, -0.1) is 0 Å². The van der Waals surface area contributed by atoms with E-state index in [9.17, 15) is 0 Å². The zero-order chi connectivity index (χ0) is 13.1. The molecule has 17 heavy (non-hydrogen) atoms. The zero-order valence-electron chi connectivity index (χ0n) is 11.8. The maximum atomic E-state index is 6.05. The Kier molecular flexibility index (Phi) is 9.83. The molecule has 3 nitrogen and oxygen atoms in total. The largest absolute Gasteiger partial charge is 0.314 e. The number of rotatable bonds is 10. The van der Waals surface area contributed by atoms with Crippen LogP contribution in [0.5, 0.6) is 0 Å². The lowest BCUT2D eigenvalue weighted by molar-refractivity contribution is 0.326. The average Bonchev–Trinajstić information content (AvgIpc) is 2.29. The van der Waals surface area contributed by atoms with Crippen molar-refractivity contribution in [2.75, 3.05) is 6.54 Å². The van der Waals surface area contributed by atoms with Crippen LogP contribution in [-0.4, -0.2) is 18.3 Å². The van der Waals surface area contributed by atoms with Crippen molar-refractivity contribution in [1.82, 2.24) is 5.01 Å². The molecule has 0 heterocycles. The van der Waals surface area contributed by atoms with Crippen LogP contribution in [0.1, 0.15) is 59.3 Å². The lowest BCUT2D eigenvalue weighted by Gasteiger charge is -2.22. The summed E-state index contributed by atoms with van der Waals surface area (Å²) in [4.78, 5) is 3.85. The van der Waals surface area contributed by atoms with E-state index in [2.05, 4.69) is 32.5 Å². The topological polar surface area (TPSA) is 41.6 Å². The third kappa shape index (κ3) is 8.93. The quantitative estimate of drug-likeness (QED) is 0.273. The molecule has 0 radical (unpaired) electrons. The monoisotopic (exact) mass is 239 g/mol. The van der Waals surface area contributed by atoms with Crippen LogP contribution in [0, 0.1) is 5.92 Å². The smallest absolute Gasteiger partial charge is 0.0473 e. The molecule has 0 rings (SSSR count). The van der Waals surface area contributed by atoms with Gasteiger partial charge in [-0.25, -0.2) is 5.84 Å². The standard InChI is InChI=1S/C14H29N3/c1-5-6-7-8-11-17(15)14(12-16-4)10-9-13(2)3/h12-13H,4-11,15H2,1-3H3/b14-12-. The predicted molar refractivity (Wildman–Crippen MR) is 76.7 cm³/mol. The van der Waals surface area contributed by atoms with Gasteiger partial charge in [-0.05, 0) is 31.9 Å². The summed E-state index contributed by atoms with van der Waals surface area (Å²) >= 11 is 0. The minimum Gasteiger partial charge on any atom is -0.314 e. The molecule has 0 aliphatic heterocycles. The van der Waals surface area contributed by atoms with E-state index in [4.69, 9.17) is 5.84 Å². The van der Waals surface area contributed by atoms with E-state index in [-0.39, 0.29) is 0 Å². The summed E-state index contributed by atoms with van der Waals surface area (Å²) in [5, 5.41) is 1.84. The van der Waals surface area contributed by atoms with E-state index in [0.29, 0.717) is 5.92 Å². The van der Waals surface area contributed by atoms with Crippen LogP contribution in [0.4, 0.5) is 0 Å². The molecule has 0 amide bonds. The molecule has 0 aromatic rings. The molecule has 0 fully saturated rings. The molecular formula is C14H29N3. The maximum absolute atomic E-state index is 6.05. The van der Waals surface area contributed by atoms with Crippen LogP contribution >= 0.6 is 0 Å². The normalized spacial score (nSPS) is 11.9. The van der Waals surface area contributed by atoms with Gasteiger partial charge in [0.25, 0.3) is 0 Å². The third-order valence-corrected chi connectivity index (χ3v) is 2.84. The first-order chi connectivity index (χ1) is 8.11. The summed E-state index contributed by atoms with van der Waals surface area (Å²) < 4.78 is 0. The van der Waals surface area contributed by atoms with Crippen LogP contribution in [0.2, 0.25) is 0 Å². The molecule has 0 aliphatic carbocycles. The van der Waals surface area contributed by atoms with Crippen molar-refractivity contribution < 1.29 is 0 Å². The van der Waals surface area contributed by atoms with E-state index < -0.39 is 0 Å². The first-order valence-corrected chi connectivity index (χ1v) is 6.78. The van der Waals surface area contributed by atoms with Crippen molar-refractivity contribution in [3.63, 3.8) is 0 Å². The van der Waals surface area contributed by atoms with Crippen molar-refractivity contribution in [3.8, 4) is 0 Å². The van der Waals surface area contributed by atoms with Gasteiger partial charge in [0.1, 0.15) is 0 Å². The van der Waals surface area contributed by atoms with Gasteiger partial charge in [-0.1, -0.05) is 40.0 Å². The minimum atomic E-state index is 0.691. The molecule has 0 aromatic carbocycles. The Morgan fingerprint density at radius 1 is 1.35 bits per heavy atom. The highest BCUT2D eigenvalue weighted by molar-refractivity contribution is 5.26. The molecule has 0 aliphatic rings. The van der Waals surface area contributed by atoms with E-state index >= 15 is 0 Å². The Bertz CT molecular complexity index is 222. The Labute approximate surface area is 107 Å². The summed E-state index contributed by atoms with van der Waals surface area (Å²) in [7, 11) is 0. The van der Waals surface area contributed by atoms with Gasteiger partial charge >= 0.3 is 0 Å². The number of hydrogen-bond donors (Lipinski definition) is 1. The van der Waals surface area contributed by atoms with E-state index in [1.807, 2.05) is 5.01 Å². The molecule has 0 aromatic heterocycles. The number of nitrogens with two attached hydrogens (primary N) is 1. The van der Waals surface area contributed by atoms with E-state index in [0.717, 1.165) is 31.5 Å². The average molecular weight is 239 g/mol. The Hall–Kier alpha value is -0.830. The Morgan fingerprint density at radius 2 is 2.06 bits per heavy atom. The first kappa shape index (κ1) is 16.2. The van der Waals surface area contributed by atoms with Crippen molar-refractivity contribution in [2.24, 2.45) is 16.8 Å². The molecule has 0 saturated heterocycles. The van der Waals surface area contributed by atoms with Crippen LogP contribution in [0.3, 0.4) is 0 Å². The summed E-state index contributed by atoms with van der Waals surface area (Å²) in [5.74, 6) is 6.74. The van der Waals surface area contributed by atoms with Crippen molar-refractivity contribution in [3.05, 3.63) is 11.9 Å². The summed E-state index contributed by atoms with van der Waals surface area (Å²) in [5.41, 5.74) is 1.10. The van der Waals surface area contributed by atoms with Crippen LogP contribution in [0.15, 0.2) is 16.9 Å². The van der Waals surface area contributed by atoms with Crippen molar-refractivity contribution in [1.29, 1.82) is 0 Å². The lowest BCUT2D eigenvalue weighted by atomic mass is 10.1. The van der Waals surface area contributed by atoms with Gasteiger partial charge in [-0.3, -0.25) is 4.99 Å². The summed E-state index contributed by atoms with van der Waals surface area (Å²) in [6.07, 6.45) is 8.88. The van der Waals surface area contributed by atoms with Gasteiger partial charge in [0.15, 0.2) is 0 Å². The first-order valence-electron chi connectivity index (χ1n) is 6.78. The number of hydrogen-bond acceptors (Lipinski definition) is 3. The number of aliphatic imine (C=N–C) groups is 1. The number of hydrazine groups is 1. The van der Waals surface area contributed by atoms with Gasteiger partial charge in [0.05, 0.1) is 0 Å². The fourth-order valence-corrected chi connectivity index (χ4v) is 1.68. The molecule has 2 N–H and O–H groups in total. The molecule has 0 bridgehead atoms. The SMILES string of the molecule is C=N/C=C(/CCC(C)C)N(N)CCCCCC. The van der Waals surface area contributed by atoms with E-state index in [1.165, 1.54) is 19.3 Å². The van der Waals surface area contributed by atoms with Gasteiger partial charge in [-0.2, -0.15) is 0 Å². The second-order valence-electron chi connectivity index (χ2n) is 4.99. The Morgan fingerprint density at radius 3 is 2.59 bits per heavy atom. The van der Waals surface area contributed by atoms with Gasteiger partial charge < -0.3 is 5.01 Å². The van der Waals surface area contributed by atoms with Crippen LogP contribution in [0.25, 0.3) is 0 Å². The third-order valence-electron chi connectivity index (χ3n) is 2.84. The number of unbranched alkanes of at least 4 members (excludes halogenated alkanes) is 3. The number of allylic oxidation sites excluding steroid dienone is 1. The molecule has 0 spiro atoms. The van der Waals surface area contributed by atoms with Crippen LogP contribution in [-0.2, 0) is 0 Å². The maximum Gasteiger partial charge on any atom is 0.0473 e.